The molecule has 2 aromatic rings. The van der Waals surface area contributed by atoms with Crippen LogP contribution < -0.4 is 5.32 Å². The van der Waals surface area contributed by atoms with E-state index in [2.05, 4.69) is 15.3 Å². The number of amides is 1. The molecule has 5 nitrogen and oxygen atoms in total. The molecule has 3 rings (SSSR count). The number of anilines is 2. The molecule has 0 aliphatic carbocycles. The summed E-state index contributed by atoms with van der Waals surface area (Å²) in [6.07, 6.45) is 1.82. The second-order valence-corrected chi connectivity index (χ2v) is 6.26. The van der Waals surface area contributed by atoms with Crippen LogP contribution in [-0.2, 0) is 4.79 Å². The quantitative estimate of drug-likeness (QED) is 0.858. The van der Waals surface area contributed by atoms with Crippen molar-refractivity contribution in [2.75, 3.05) is 18.4 Å². The third kappa shape index (κ3) is 4.00. The Morgan fingerprint density at radius 1 is 1.38 bits per heavy atom. The molecular weight excluding hydrogens is 331 g/mol. The Hall–Kier alpha value is -2.21. The normalized spacial score (nSPS) is 17.6. The van der Waals surface area contributed by atoms with Gasteiger partial charge in [0, 0.05) is 37.7 Å². The van der Waals surface area contributed by atoms with Crippen LogP contribution in [0.3, 0.4) is 0 Å². The average molecular weight is 349 g/mol. The van der Waals surface area contributed by atoms with Crippen molar-refractivity contribution in [2.24, 2.45) is 0 Å². The number of likely N-dealkylation sites (tertiary alicyclic amines) is 1. The zero-order chi connectivity index (χ0) is 17.1. The smallest absolute Gasteiger partial charge is 0.219 e. The Labute approximate surface area is 144 Å². The van der Waals surface area contributed by atoms with Gasteiger partial charge in [-0.1, -0.05) is 17.7 Å². The van der Waals surface area contributed by atoms with Crippen LogP contribution in [-0.4, -0.2) is 33.9 Å². The van der Waals surface area contributed by atoms with Crippen molar-refractivity contribution in [3.05, 3.63) is 47.1 Å². The summed E-state index contributed by atoms with van der Waals surface area (Å²) >= 11 is 6.12. The molecule has 1 aliphatic rings. The SMILES string of the molecule is CC(=O)N1CCC[C@@H](c2nc(Cl)cc(Nc3cccc(F)c3)n2)C1. The van der Waals surface area contributed by atoms with Crippen molar-refractivity contribution in [1.82, 2.24) is 14.9 Å². The van der Waals surface area contributed by atoms with Crippen LogP contribution in [0.2, 0.25) is 5.15 Å². The molecule has 1 aliphatic heterocycles. The molecule has 1 amide bonds. The van der Waals surface area contributed by atoms with E-state index in [1.54, 1.807) is 30.0 Å². The summed E-state index contributed by atoms with van der Waals surface area (Å²) in [6.45, 7) is 2.92. The minimum absolute atomic E-state index is 0.0504. The number of carbonyl (C=O) groups is 1. The highest BCUT2D eigenvalue weighted by Gasteiger charge is 2.25. The van der Waals surface area contributed by atoms with Gasteiger partial charge in [0.25, 0.3) is 0 Å². The Bertz CT molecular complexity index is 755. The Kier molecular flexibility index (Phi) is 4.94. The number of aromatic nitrogens is 2. The van der Waals surface area contributed by atoms with Gasteiger partial charge in [0.05, 0.1) is 0 Å². The predicted octanol–water partition coefficient (Wildman–Crippen LogP) is 3.74. The van der Waals surface area contributed by atoms with Crippen LogP contribution in [0.5, 0.6) is 0 Å². The van der Waals surface area contributed by atoms with Crippen molar-refractivity contribution in [3.8, 4) is 0 Å². The van der Waals surface area contributed by atoms with Gasteiger partial charge in [-0.2, -0.15) is 0 Å². The average Bonchev–Trinajstić information content (AvgIpc) is 2.54. The maximum atomic E-state index is 13.3. The summed E-state index contributed by atoms with van der Waals surface area (Å²) in [5, 5.41) is 3.36. The fourth-order valence-electron chi connectivity index (χ4n) is 2.87. The molecule has 1 saturated heterocycles. The molecule has 7 heteroatoms. The van der Waals surface area contributed by atoms with Crippen LogP contribution in [0.1, 0.15) is 31.5 Å². The van der Waals surface area contributed by atoms with Crippen LogP contribution in [0.25, 0.3) is 0 Å². The number of halogens is 2. The maximum Gasteiger partial charge on any atom is 0.219 e. The van der Waals surface area contributed by atoms with Crippen molar-refractivity contribution in [1.29, 1.82) is 0 Å². The lowest BCUT2D eigenvalue weighted by atomic mass is 9.97. The summed E-state index contributed by atoms with van der Waals surface area (Å²) in [5.74, 6) is 0.891. The Balaban J connectivity index is 1.82. The number of hydrogen-bond donors (Lipinski definition) is 1. The van der Waals surface area contributed by atoms with Gasteiger partial charge < -0.3 is 10.2 Å². The fourth-order valence-corrected chi connectivity index (χ4v) is 3.06. The summed E-state index contributed by atoms with van der Waals surface area (Å²) in [5.41, 5.74) is 0.588. The first kappa shape index (κ1) is 16.6. The van der Waals surface area contributed by atoms with Crippen molar-refractivity contribution >= 4 is 29.0 Å². The first-order valence-electron chi connectivity index (χ1n) is 7.84. The molecular formula is C17H18ClFN4O. The highest BCUT2D eigenvalue weighted by atomic mass is 35.5. The second kappa shape index (κ2) is 7.13. The van der Waals surface area contributed by atoms with Crippen molar-refractivity contribution in [3.63, 3.8) is 0 Å². The lowest BCUT2D eigenvalue weighted by molar-refractivity contribution is -0.130. The number of rotatable bonds is 3. The number of nitrogens with one attached hydrogen (secondary N) is 1. The standard InChI is InChI=1S/C17H18ClFN4O/c1-11(24)23-7-3-4-12(10-23)17-21-15(18)9-16(22-17)20-14-6-2-5-13(19)8-14/h2,5-6,8-9,12H,3-4,7,10H2,1H3,(H,20,21,22)/t12-/m1/s1. The van der Waals surface area contributed by atoms with Gasteiger partial charge in [0.15, 0.2) is 0 Å². The van der Waals surface area contributed by atoms with Gasteiger partial charge in [0.1, 0.15) is 22.6 Å². The van der Waals surface area contributed by atoms with E-state index in [1.165, 1.54) is 12.1 Å². The zero-order valence-corrected chi connectivity index (χ0v) is 14.1. The third-order valence-corrected chi connectivity index (χ3v) is 4.23. The van der Waals surface area contributed by atoms with Gasteiger partial charge in [-0.15, -0.1) is 0 Å². The molecule has 2 heterocycles. The van der Waals surface area contributed by atoms with Crippen LogP contribution >= 0.6 is 11.6 Å². The largest absolute Gasteiger partial charge is 0.342 e. The minimum Gasteiger partial charge on any atom is -0.342 e. The summed E-state index contributed by atoms with van der Waals surface area (Å²) in [4.78, 5) is 22.2. The molecule has 1 aromatic heterocycles. The van der Waals surface area contributed by atoms with E-state index < -0.39 is 0 Å². The van der Waals surface area contributed by atoms with E-state index >= 15 is 0 Å². The van der Waals surface area contributed by atoms with E-state index in [-0.39, 0.29) is 17.6 Å². The Morgan fingerprint density at radius 2 is 2.21 bits per heavy atom. The summed E-state index contributed by atoms with van der Waals surface area (Å²) < 4.78 is 13.3. The van der Waals surface area contributed by atoms with Crippen LogP contribution in [0.4, 0.5) is 15.9 Å². The van der Waals surface area contributed by atoms with E-state index in [4.69, 9.17) is 11.6 Å². The summed E-state index contributed by atoms with van der Waals surface area (Å²) in [7, 11) is 0. The van der Waals surface area contributed by atoms with E-state index in [0.717, 1.165) is 19.4 Å². The van der Waals surface area contributed by atoms with Crippen LogP contribution in [0, 0.1) is 5.82 Å². The van der Waals surface area contributed by atoms with E-state index in [0.29, 0.717) is 29.0 Å². The van der Waals surface area contributed by atoms with Crippen LogP contribution in [0.15, 0.2) is 30.3 Å². The molecule has 1 fully saturated rings. The topological polar surface area (TPSA) is 58.1 Å². The number of piperidine rings is 1. The van der Waals surface area contributed by atoms with Crippen molar-refractivity contribution < 1.29 is 9.18 Å². The second-order valence-electron chi connectivity index (χ2n) is 5.87. The number of benzene rings is 1. The van der Waals surface area contributed by atoms with Gasteiger partial charge in [-0.05, 0) is 31.0 Å². The molecule has 0 bridgehead atoms. The van der Waals surface area contributed by atoms with Gasteiger partial charge in [-0.3, -0.25) is 4.79 Å². The molecule has 24 heavy (non-hydrogen) atoms. The molecule has 1 aromatic carbocycles. The molecule has 0 saturated carbocycles. The number of nitrogens with zero attached hydrogens (tertiary/aromatic N) is 3. The van der Waals surface area contributed by atoms with Gasteiger partial charge in [-0.25, -0.2) is 14.4 Å². The van der Waals surface area contributed by atoms with Gasteiger partial charge >= 0.3 is 0 Å². The predicted molar refractivity (Wildman–Crippen MR) is 91.0 cm³/mol. The fraction of sp³-hybridized carbons (Fsp3) is 0.353. The highest BCUT2D eigenvalue weighted by Crippen LogP contribution is 2.27. The lowest BCUT2D eigenvalue weighted by Crippen LogP contribution is -2.38. The first-order valence-corrected chi connectivity index (χ1v) is 8.21. The summed E-state index contributed by atoms with van der Waals surface area (Å²) in [6, 6.07) is 7.72. The van der Waals surface area contributed by atoms with E-state index in [9.17, 15) is 9.18 Å². The van der Waals surface area contributed by atoms with E-state index in [1.807, 2.05) is 0 Å². The number of carbonyl (C=O) groups excluding carboxylic acids is 1. The number of hydrogen-bond acceptors (Lipinski definition) is 4. The maximum absolute atomic E-state index is 13.3. The molecule has 0 spiro atoms. The molecule has 0 radical (unpaired) electrons. The Morgan fingerprint density at radius 3 is 2.96 bits per heavy atom. The molecule has 1 N–H and O–H groups in total. The zero-order valence-electron chi connectivity index (χ0n) is 13.3. The highest BCUT2D eigenvalue weighted by molar-refractivity contribution is 6.29. The molecule has 1 atom stereocenters. The van der Waals surface area contributed by atoms with Gasteiger partial charge in [0.2, 0.25) is 5.91 Å². The van der Waals surface area contributed by atoms with Crippen molar-refractivity contribution in [2.45, 2.75) is 25.7 Å². The minimum atomic E-state index is -0.329. The molecule has 0 unspecified atom stereocenters. The first-order chi connectivity index (χ1) is 11.5. The monoisotopic (exact) mass is 348 g/mol. The lowest BCUT2D eigenvalue weighted by Gasteiger charge is -2.31. The third-order valence-electron chi connectivity index (χ3n) is 4.04. The molecule has 126 valence electrons.